The topological polar surface area (TPSA) is 61.4 Å². The number of H-pyrrole nitrogens is 2. The molecular formula is C25H29N5S. The van der Waals surface area contributed by atoms with Crippen LogP contribution in [0, 0.1) is 18.6 Å². The second-order valence-corrected chi connectivity index (χ2v) is 9.13. The second kappa shape index (κ2) is 8.35. The van der Waals surface area contributed by atoms with Crippen molar-refractivity contribution in [2.24, 2.45) is 0 Å². The maximum atomic E-state index is 5.85. The highest BCUT2D eigenvalue weighted by atomic mass is 32.1. The molecule has 1 aliphatic carbocycles. The molecule has 2 aromatic heterocycles. The highest BCUT2D eigenvalue weighted by Crippen LogP contribution is 2.35. The van der Waals surface area contributed by atoms with Crippen LogP contribution >= 0.6 is 12.2 Å². The Kier molecular flexibility index (Phi) is 5.40. The molecule has 3 N–H and O–H groups in total. The third-order valence-electron chi connectivity index (χ3n) is 6.40. The van der Waals surface area contributed by atoms with E-state index in [1.54, 1.807) is 6.33 Å². The number of aromatic nitrogens is 4. The van der Waals surface area contributed by atoms with Crippen molar-refractivity contribution in [2.75, 3.05) is 5.32 Å². The predicted molar refractivity (Wildman–Crippen MR) is 131 cm³/mol. The number of nitrogens with one attached hydrogen (secondary N) is 3. The fourth-order valence-electron chi connectivity index (χ4n) is 4.81. The minimum absolute atomic E-state index is 0.476. The maximum Gasteiger partial charge on any atom is 0.183 e. The third-order valence-corrected chi connectivity index (χ3v) is 6.68. The van der Waals surface area contributed by atoms with Crippen LogP contribution in [-0.4, -0.2) is 25.6 Å². The van der Waals surface area contributed by atoms with Crippen LogP contribution in [0.25, 0.3) is 28.0 Å². The van der Waals surface area contributed by atoms with Crippen LogP contribution in [0.15, 0.2) is 42.7 Å². The summed E-state index contributed by atoms with van der Waals surface area (Å²) < 4.78 is 2.86. The Labute approximate surface area is 187 Å². The minimum Gasteiger partial charge on any atom is -0.367 e. The summed E-state index contributed by atoms with van der Waals surface area (Å²) in [6.07, 6.45) is 9.39. The molecule has 1 aliphatic rings. The van der Waals surface area contributed by atoms with E-state index in [0.29, 0.717) is 10.8 Å². The Balaban J connectivity index is 1.67. The average molecular weight is 432 g/mol. The van der Waals surface area contributed by atoms with Gasteiger partial charge in [0.15, 0.2) is 4.77 Å². The molecule has 160 valence electrons. The first-order valence-corrected chi connectivity index (χ1v) is 11.6. The number of anilines is 1. The van der Waals surface area contributed by atoms with Crippen molar-refractivity contribution in [1.29, 1.82) is 0 Å². The fraction of sp³-hybridized carbons (Fsp3) is 0.360. The molecule has 5 nitrogen and oxygen atoms in total. The van der Waals surface area contributed by atoms with E-state index in [0.717, 1.165) is 28.2 Å². The van der Waals surface area contributed by atoms with Gasteiger partial charge < -0.3 is 15.3 Å². The molecule has 2 aromatic carbocycles. The zero-order valence-electron chi connectivity index (χ0n) is 18.2. The van der Waals surface area contributed by atoms with Gasteiger partial charge in [0.1, 0.15) is 5.82 Å². The van der Waals surface area contributed by atoms with Gasteiger partial charge in [0.05, 0.1) is 28.7 Å². The quantitative estimate of drug-likeness (QED) is 0.245. The number of aromatic amines is 2. The summed E-state index contributed by atoms with van der Waals surface area (Å²) in [5.41, 5.74) is 7.79. The first kappa shape index (κ1) is 20.1. The highest BCUT2D eigenvalue weighted by Gasteiger charge is 2.21. The van der Waals surface area contributed by atoms with Crippen molar-refractivity contribution in [2.45, 2.75) is 58.4 Å². The van der Waals surface area contributed by atoms with Crippen molar-refractivity contribution in [3.63, 3.8) is 0 Å². The average Bonchev–Trinajstić information content (AvgIpc) is 3.23. The van der Waals surface area contributed by atoms with Crippen LogP contribution in [0.5, 0.6) is 0 Å². The van der Waals surface area contributed by atoms with Gasteiger partial charge in [0.2, 0.25) is 0 Å². The zero-order chi connectivity index (χ0) is 21.4. The first-order valence-electron chi connectivity index (χ1n) is 11.2. The summed E-state index contributed by atoms with van der Waals surface area (Å²) in [7, 11) is 0. The smallest absolute Gasteiger partial charge is 0.183 e. The molecule has 0 bridgehead atoms. The van der Waals surface area contributed by atoms with Gasteiger partial charge in [-0.15, -0.1) is 0 Å². The van der Waals surface area contributed by atoms with Crippen molar-refractivity contribution >= 4 is 29.1 Å². The number of benzene rings is 2. The molecule has 31 heavy (non-hydrogen) atoms. The first-order chi connectivity index (χ1) is 15.1. The van der Waals surface area contributed by atoms with Gasteiger partial charge in [-0.3, -0.25) is 4.57 Å². The third kappa shape index (κ3) is 3.92. The molecule has 5 rings (SSSR count). The van der Waals surface area contributed by atoms with Crippen LogP contribution in [-0.2, 0) is 0 Å². The Morgan fingerprint density at radius 3 is 2.61 bits per heavy atom. The van der Waals surface area contributed by atoms with Gasteiger partial charge in [-0.25, -0.2) is 4.98 Å². The standard InChI is InChI=1S/C25H29N5S/c1-16-9-11-20(17(2)13-16)23-24(28-18-7-5-3-4-6-8-18)29-25(31)30(23)19-10-12-21-22(14-19)27-15-26-21/h9-15,18,28H,3-8H2,1-2H3,(H,26,27)(H,29,31). The lowest BCUT2D eigenvalue weighted by atomic mass is 10.0. The van der Waals surface area contributed by atoms with E-state index in [-0.39, 0.29) is 0 Å². The van der Waals surface area contributed by atoms with E-state index >= 15 is 0 Å². The van der Waals surface area contributed by atoms with Crippen molar-refractivity contribution < 1.29 is 0 Å². The highest BCUT2D eigenvalue weighted by molar-refractivity contribution is 7.71. The molecule has 0 atom stereocenters. The molecule has 1 fully saturated rings. The van der Waals surface area contributed by atoms with Gasteiger partial charge in [0.25, 0.3) is 0 Å². The fourth-order valence-corrected chi connectivity index (χ4v) is 5.11. The van der Waals surface area contributed by atoms with E-state index in [2.05, 4.69) is 69.0 Å². The van der Waals surface area contributed by atoms with Crippen molar-refractivity contribution in [1.82, 2.24) is 19.5 Å². The largest absolute Gasteiger partial charge is 0.367 e. The Morgan fingerprint density at radius 2 is 1.84 bits per heavy atom. The summed E-state index contributed by atoms with van der Waals surface area (Å²) in [4.78, 5) is 11.1. The van der Waals surface area contributed by atoms with Gasteiger partial charge in [-0.2, -0.15) is 0 Å². The van der Waals surface area contributed by atoms with E-state index in [9.17, 15) is 0 Å². The lowest BCUT2D eigenvalue weighted by Gasteiger charge is -2.19. The Morgan fingerprint density at radius 1 is 1.03 bits per heavy atom. The number of hydrogen-bond acceptors (Lipinski definition) is 3. The molecule has 0 amide bonds. The normalized spacial score (nSPS) is 15.3. The molecule has 2 heterocycles. The minimum atomic E-state index is 0.476. The second-order valence-electron chi connectivity index (χ2n) is 8.74. The van der Waals surface area contributed by atoms with Gasteiger partial charge in [-0.1, -0.05) is 49.4 Å². The molecule has 6 heteroatoms. The monoisotopic (exact) mass is 431 g/mol. The van der Waals surface area contributed by atoms with E-state index < -0.39 is 0 Å². The lowest BCUT2D eigenvalue weighted by Crippen LogP contribution is -2.19. The molecule has 4 aromatic rings. The van der Waals surface area contributed by atoms with Gasteiger partial charge in [0, 0.05) is 11.6 Å². The maximum absolute atomic E-state index is 5.85. The van der Waals surface area contributed by atoms with Crippen LogP contribution < -0.4 is 5.32 Å². The SMILES string of the molecule is Cc1ccc(-c2c(NC3CCCCCC3)[nH]c(=S)n2-c2ccc3nc[nH]c3c2)c(C)c1. The van der Waals surface area contributed by atoms with E-state index in [1.165, 1.54) is 55.2 Å². The number of nitrogens with zero attached hydrogens (tertiary/aromatic N) is 2. The van der Waals surface area contributed by atoms with E-state index in [4.69, 9.17) is 12.2 Å². The molecule has 1 saturated carbocycles. The van der Waals surface area contributed by atoms with E-state index in [1.807, 2.05) is 6.07 Å². The van der Waals surface area contributed by atoms with Gasteiger partial charge >= 0.3 is 0 Å². The van der Waals surface area contributed by atoms with Crippen molar-refractivity contribution in [3.8, 4) is 16.9 Å². The van der Waals surface area contributed by atoms with Crippen LogP contribution in [0.3, 0.4) is 0 Å². The molecule has 0 spiro atoms. The van der Waals surface area contributed by atoms with Crippen LogP contribution in [0.1, 0.15) is 49.7 Å². The van der Waals surface area contributed by atoms with Gasteiger partial charge in [-0.05, 0) is 62.7 Å². The molecular weight excluding hydrogens is 402 g/mol. The summed E-state index contributed by atoms with van der Waals surface area (Å²) in [6.45, 7) is 4.31. The summed E-state index contributed by atoms with van der Waals surface area (Å²) in [5, 5.41) is 3.83. The number of imidazole rings is 2. The summed E-state index contributed by atoms with van der Waals surface area (Å²) in [6, 6.07) is 13.4. The molecule has 0 saturated heterocycles. The summed E-state index contributed by atoms with van der Waals surface area (Å²) >= 11 is 5.85. The molecule has 0 radical (unpaired) electrons. The number of fused-ring (bicyclic) bond motifs is 1. The number of aryl methyl sites for hydroxylation is 2. The van der Waals surface area contributed by atoms with Crippen LogP contribution in [0.2, 0.25) is 0 Å². The molecule has 0 unspecified atom stereocenters. The molecule has 0 aliphatic heterocycles. The number of hydrogen-bond donors (Lipinski definition) is 3. The summed E-state index contributed by atoms with van der Waals surface area (Å²) in [5.74, 6) is 1.02. The number of rotatable bonds is 4. The Bertz CT molecular complexity index is 1270. The predicted octanol–water partition coefficient (Wildman–Crippen LogP) is 6.83. The van der Waals surface area contributed by atoms with Crippen LogP contribution in [0.4, 0.5) is 5.82 Å². The zero-order valence-corrected chi connectivity index (χ0v) is 19.0. The lowest BCUT2D eigenvalue weighted by molar-refractivity contribution is 0.618. The van der Waals surface area contributed by atoms with Crippen molar-refractivity contribution in [3.05, 3.63) is 58.6 Å². The Hall–Kier alpha value is -2.86.